The number of rotatable bonds is 39. The average Bonchev–Trinajstić information content (AvgIpc) is 3.36. The van der Waals surface area contributed by atoms with Crippen molar-refractivity contribution in [2.75, 3.05) is 19.8 Å². The second-order valence-corrected chi connectivity index (χ2v) is 18.2. The minimum absolute atomic E-state index is 0.242. The van der Waals surface area contributed by atoms with Crippen molar-refractivity contribution in [3.63, 3.8) is 0 Å². The molecule has 2 aliphatic heterocycles. The van der Waals surface area contributed by atoms with Crippen LogP contribution in [-0.4, -0.2) is 140 Å². The SMILES string of the molecule is CC/C=C\C/C=C\C/C=C\C/C=C\C/C=C\CCCCCCCC(=O)NC(COC1OC(CO)C(OC2OC(CO)C(O)C(O)C2O)C(O)C1O)C(O)/C=C/CC/C=C/CC/C=C/CCCCCCC. The Kier molecular flexibility index (Phi) is 37.3. The van der Waals surface area contributed by atoms with Crippen molar-refractivity contribution in [3.8, 4) is 0 Å². The summed E-state index contributed by atoms with van der Waals surface area (Å²) in [5.41, 5.74) is 0. The highest BCUT2D eigenvalue weighted by atomic mass is 16.7. The molecule has 0 bridgehead atoms. The van der Waals surface area contributed by atoms with E-state index in [1.54, 1.807) is 6.08 Å². The minimum atomic E-state index is -1.80. The second kappa shape index (κ2) is 41.4. The first kappa shape index (κ1) is 63.0. The Bertz CT molecular complexity index is 1540. The molecule has 2 aliphatic rings. The van der Waals surface area contributed by atoms with Crippen molar-refractivity contribution >= 4 is 5.91 Å². The number of allylic oxidation sites excluding steroid dienone is 15. The summed E-state index contributed by atoms with van der Waals surface area (Å²) < 4.78 is 22.7. The molecule has 14 heteroatoms. The molecule has 12 unspecified atom stereocenters. The zero-order chi connectivity index (χ0) is 51.0. The molecule has 0 spiro atoms. The minimum Gasteiger partial charge on any atom is -0.394 e. The molecule has 2 heterocycles. The van der Waals surface area contributed by atoms with Gasteiger partial charge in [-0.15, -0.1) is 0 Å². The van der Waals surface area contributed by atoms with Gasteiger partial charge in [0.15, 0.2) is 12.6 Å². The van der Waals surface area contributed by atoms with Gasteiger partial charge in [0, 0.05) is 6.42 Å². The number of amides is 1. The quantitative estimate of drug-likeness (QED) is 0.0215. The van der Waals surface area contributed by atoms with Crippen LogP contribution in [0.25, 0.3) is 0 Å². The van der Waals surface area contributed by atoms with Crippen LogP contribution in [0.2, 0.25) is 0 Å². The van der Waals surface area contributed by atoms with Crippen LogP contribution < -0.4 is 5.32 Å². The van der Waals surface area contributed by atoms with Gasteiger partial charge in [0.05, 0.1) is 32.0 Å². The van der Waals surface area contributed by atoms with E-state index in [4.69, 9.17) is 18.9 Å². The van der Waals surface area contributed by atoms with E-state index in [9.17, 15) is 45.6 Å². The molecule has 0 aromatic carbocycles. The number of hydrogen-bond acceptors (Lipinski definition) is 13. The first-order valence-corrected chi connectivity index (χ1v) is 26.5. The van der Waals surface area contributed by atoms with Crippen molar-refractivity contribution in [3.05, 3.63) is 97.2 Å². The van der Waals surface area contributed by atoms with Crippen LogP contribution >= 0.6 is 0 Å². The Morgan fingerprint density at radius 3 is 1.57 bits per heavy atom. The number of ether oxygens (including phenoxy) is 4. The Labute approximate surface area is 420 Å². The topological polar surface area (TPSA) is 228 Å². The van der Waals surface area contributed by atoms with Crippen molar-refractivity contribution in [1.82, 2.24) is 5.32 Å². The standard InChI is InChI=1S/C56H93NO13/c1-3-5-7-9-11-13-15-17-19-20-21-22-23-24-26-28-30-32-34-36-38-40-48(61)57-44(45(60)39-37-35-33-31-29-27-25-18-16-14-12-10-8-6-4-2)43-67-55-53(66)51(64)54(47(42-59)69-55)70-56-52(65)50(63)49(62)46(41-58)68-56/h5,7,11,13,16-19,21-22,24,26,29,31,37,39,44-47,49-56,58-60,62-66H,3-4,6,8-10,12,14-15,20,23,25,27-28,30,32-36,38,40-43H2,1-2H3,(H,57,61)/b7-5-,13-11-,18-16+,19-17-,22-21-,26-24-,31-29+,39-37+. The van der Waals surface area contributed by atoms with Gasteiger partial charge >= 0.3 is 0 Å². The third-order valence-electron chi connectivity index (χ3n) is 12.2. The first-order valence-electron chi connectivity index (χ1n) is 26.5. The fourth-order valence-electron chi connectivity index (χ4n) is 7.93. The van der Waals surface area contributed by atoms with E-state index >= 15 is 0 Å². The monoisotopic (exact) mass is 988 g/mol. The summed E-state index contributed by atoms with van der Waals surface area (Å²) in [4.78, 5) is 13.2. The van der Waals surface area contributed by atoms with Gasteiger partial charge in [0.2, 0.25) is 5.91 Å². The van der Waals surface area contributed by atoms with Crippen LogP contribution in [0.4, 0.5) is 0 Å². The number of aliphatic hydroxyl groups excluding tert-OH is 8. The maximum atomic E-state index is 13.2. The van der Waals surface area contributed by atoms with E-state index in [0.717, 1.165) is 89.9 Å². The molecule has 0 aromatic rings. The maximum Gasteiger partial charge on any atom is 0.220 e. The summed E-state index contributed by atoms with van der Waals surface area (Å²) in [6.45, 7) is 2.59. The van der Waals surface area contributed by atoms with Crippen molar-refractivity contribution in [1.29, 1.82) is 0 Å². The van der Waals surface area contributed by atoms with Gasteiger partial charge in [-0.05, 0) is 89.9 Å². The van der Waals surface area contributed by atoms with E-state index in [2.05, 4.69) is 104 Å². The number of nitrogens with one attached hydrogen (secondary N) is 1. The number of aliphatic hydroxyl groups is 8. The molecule has 12 atom stereocenters. The summed E-state index contributed by atoms with van der Waals surface area (Å²) >= 11 is 0. The fourth-order valence-corrected chi connectivity index (χ4v) is 7.93. The Balaban J connectivity index is 1.86. The Hall–Kier alpha value is -3.09. The first-order chi connectivity index (χ1) is 34.1. The average molecular weight is 988 g/mol. The molecule has 2 fully saturated rings. The summed E-state index contributed by atoms with van der Waals surface area (Å²) in [5.74, 6) is -0.278. The predicted molar refractivity (Wildman–Crippen MR) is 276 cm³/mol. The molecule has 1 amide bonds. The lowest BCUT2D eigenvalue weighted by Gasteiger charge is -2.46. The molecule has 0 aromatic heterocycles. The lowest BCUT2D eigenvalue weighted by molar-refractivity contribution is -0.359. The van der Waals surface area contributed by atoms with E-state index in [1.165, 1.54) is 32.1 Å². The zero-order valence-corrected chi connectivity index (χ0v) is 42.5. The van der Waals surface area contributed by atoms with Gasteiger partial charge < -0.3 is 65.1 Å². The molecule has 400 valence electrons. The molecular weight excluding hydrogens is 895 g/mol. The van der Waals surface area contributed by atoms with Gasteiger partial charge in [0.25, 0.3) is 0 Å². The van der Waals surface area contributed by atoms with Crippen LogP contribution in [0, 0.1) is 0 Å². The lowest BCUT2D eigenvalue weighted by Crippen LogP contribution is -2.65. The molecule has 2 saturated heterocycles. The summed E-state index contributed by atoms with van der Waals surface area (Å²) in [6, 6.07) is -0.954. The summed E-state index contributed by atoms with van der Waals surface area (Å²) in [5, 5.41) is 86.8. The van der Waals surface area contributed by atoms with Gasteiger partial charge in [-0.1, -0.05) is 156 Å². The van der Waals surface area contributed by atoms with Crippen LogP contribution in [-0.2, 0) is 23.7 Å². The van der Waals surface area contributed by atoms with Crippen molar-refractivity contribution in [2.45, 2.75) is 229 Å². The van der Waals surface area contributed by atoms with Crippen LogP contribution in [0.15, 0.2) is 97.2 Å². The van der Waals surface area contributed by atoms with Crippen molar-refractivity contribution in [2.24, 2.45) is 0 Å². The highest BCUT2D eigenvalue weighted by molar-refractivity contribution is 5.76. The molecule has 70 heavy (non-hydrogen) atoms. The van der Waals surface area contributed by atoms with Gasteiger partial charge in [-0.25, -0.2) is 0 Å². The van der Waals surface area contributed by atoms with E-state index in [0.29, 0.717) is 12.8 Å². The Morgan fingerprint density at radius 2 is 1.00 bits per heavy atom. The Morgan fingerprint density at radius 1 is 0.529 bits per heavy atom. The highest BCUT2D eigenvalue weighted by Crippen LogP contribution is 2.30. The van der Waals surface area contributed by atoms with Crippen molar-refractivity contribution < 1.29 is 64.6 Å². The van der Waals surface area contributed by atoms with E-state index in [-0.39, 0.29) is 18.9 Å². The molecule has 0 saturated carbocycles. The van der Waals surface area contributed by atoms with Gasteiger partial charge in [-0.3, -0.25) is 4.79 Å². The maximum absolute atomic E-state index is 13.2. The van der Waals surface area contributed by atoms with Crippen LogP contribution in [0.5, 0.6) is 0 Å². The van der Waals surface area contributed by atoms with Gasteiger partial charge in [-0.2, -0.15) is 0 Å². The molecule has 0 aliphatic carbocycles. The highest BCUT2D eigenvalue weighted by Gasteiger charge is 2.51. The molecule has 14 nitrogen and oxygen atoms in total. The van der Waals surface area contributed by atoms with Crippen LogP contribution in [0.1, 0.15) is 155 Å². The number of unbranched alkanes of at least 4 members (excludes halogenated alkanes) is 12. The smallest absolute Gasteiger partial charge is 0.220 e. The summed E-state index contributed by atoms with van der Waals surface area (Å²) in [6.07, 6.45) is 38.7. The number of carbonyl (C=O) groups excluding carboxylic acids is 1. The molecule has 9 N–H and O–H groups in total. The summed E-state index contributed by atoms with van der Waals surface area (Å²) in [7, 11) is 0. The predicted octanol–water partition coefficient (Wildman–Crippen LogP) is 7.54. The largest absolute Gasteiger partial charge is 0.394 e. The number of hydrogen-bond donors (Lipinski definition) is 9. The van der Waals surface area contributed by atoms with E-state index in [1.807, 2.05) is 6.08 Å². The molecule has 0 radical (unpaired) electrons. The molecular formula is C56H93NO13. The normalized spacial score (nSPS) is 26.8. The lowest BCUT2D eigenvalue weighted by atomic mass is 9.97. The fraction of sp³-hybridized carbons (Fsp3) is 0.696. The third kappa shape index (κ3) is 27.7. The second-order valence-electron chi connectivity index (χ2n) is 18.2. The third-order valence-corrected chi connectivity index (χ3v) is 12.2. The molecule has 2 rings (SSSR count). The number of carbonyl (C=O) groups is 1. The van der Waals surface area contributed by atoms with Crippen LogP contribution in [0.3, 0.4) is 0 Å². The van der Waals surface area contributed by atoms with Gasteiger partial charge in [0.1, 0.15) is 48.8 Å². The zero-order valence-electron chi connectivity index (χ0n) is 42.5. The van der Waals surface area contributed by atoms with E-state index < -0.39 is 86.8 Å².